The zero-order chi connectivity index (χ0) is 24.3. The molecule has 34 heavy (non-hydrogen) atoms. The molecule has 1 aliphatic carbocycles. The van der Waals surface area contributed by atoms with E-state index in [0.717, 1.165) is 32.3 Å². The molecule has 3 aromatic rings. The number of fused-ring (bicyclic) bond motifs is 3. The van der Waals surface area contributed by atoms with Crippen LogP contribution in [0.2, 0.25) is 0 Å². The standard InChI is InChI=1S/C27H27BrN2O4/c1-27(2,3)34-25(31)24(13-17-12-18(28)15-29-14-17)30-26(32)33-16-23-21-10-6-4-8-19(21)20-9-5-7-11-22(20)23/h4-12,14-15,23-24H,13,16H2,1-3H3,(H,30,32). The zero-order valence-electron chi connectivity index (χ0n) is 19.4. The number of hydrogen-bond donors (Lipinski definition) is 1. The lowest BCUT2D eigenvalue weighted by atomic mass is 9.98. The van der Waals surface area contributed by atoms with E-state index in [0.29, 0.717) is 0 Å². The van der Waals surface area contributed by atoms with E-state index in [1.54, 1.807) is 33.2 Å². The van der Waals surface area contributed by atoms with Crippen molar-refractivity contribution in [3.8, 4) is 11.1 Å². The average molecular weight is 523 g/mol. The Bertz CT molecular complexity index is 1160. The van der Waals surface area contributed by atoms with Gasteiger partial charge in [-0.3, -0.25) is 4.98 Å². The summed E-state index contributed by atoms with van der Waals surface area (Å²) in [5.74, 6) is -0.589. The Labute approximate surface area is 207 Å². The quantitative estimate of drug-likeness (QED) is 0.424. The van der Waals surface area contributed by atoms with Crippen LogP contribution in [0.25, 0.3) is 11.1 Å². The Kier molecular flexibility index (Phi) is 7.03. The van der Waals surface area contributed by atoms with Crippen molar-refractivity contribution >= 4 is 28.0 Å². The molecule has 1 atom stereocenters. The molecule has 6 nitrogen and oxygen atoms in total. The maximum Gasteiger partial charge on any atom is 0.407 e. The molecule has 1 heterocycles. The number of hydrogen-bond acceptors (Lipinski definition) is 5. The number of carbonyl (C=O) groups is 2. The topological polar surface area (TPSA) is 77.5 Å². The van der Waals surface area contributed by atoms with Gasteiger partial charge in [0.1, 0.15) is 18.2 Å². The number of benzene rings is 2. The fraction of sp³-hybridized carbons (Fsp3) is 0.296. The summed E-state index contributed by atoms with van der Waals surface area (Å²) in [5.41, 5.74) is 4.65. The fourth-order valence-corrected chi connectivity index (χ4v) is 4.56. The van der Waals surface area contributed by atoms with E-state index in [2.05, 4.69) is 50.5 Å². The highest BCUT2D eigenvalue weighted by Gasteiger charge is 2.31. The molecule has 0 saturated heterocycles. The number of amides is 1. The van der Waals surface area contributed by atoms with Crippen molar-refractivity contribution in [3.63, 3.8) is 0 Å². The molecule has 0 radical (unpaired) electrons. The van der Waals surface area contributed by atoms with Gasteiger partial charge in [-0.15, -0.1) is 0 Å². The number of aromatic nitrogens is 1. The molecule has 1 N–H and O–H groups in total. The first kappa shape index (κ1) is 24.0. The molecule has 1 unspecified atom stereocenters. The van der Waals surface area contributed by atoms with Crippen LogP contribution in [0.5, 0.6) is 0 Å². The molecular weight excluding hydrogens is 496 g/mol. The van der Waals surface area contributed by atoms with Crippen molar-refractivity contribution in [2.45, 2.75) is 44.8 Å². The first-order chi connectivity index (χ1) is 16.2. The summed E-state index contributed by atoms with van der Waals surface area (Å²) in [5, 5.41) is 2.70. The van der Waals surface area contributed by atoms with Gasteiger partial charge in [0.2, 0.25) is 0 Å². The Morgan fingerprint density at radius 2 is 1.65 bits per heavy atom. The van der Waals surface area contributed by atoms with E-state index in [-0.39, 0.29) is 18.9 Å². The molecule has 176 valence electrons. The van der Waals surface area contributed by atoms with E-state index < -0.39 is 23.7 Å². The van der Waals surface area contributed by atoms with Crippen LogP contribution in [0, 0.1) is 0 Å². The normalized spacial score (nSPS) is 13.5. The van der Waals surface area contributed by atoms with Crippen LogP contribution >= 0.6 is 15.9 Å². The van der Waals surface area contributed by atoms with E-state index in [1.165, 1.54) is 0 Å². The van der Waals surface area contributed by atoms with E-state index in [9.17, 15) is 9.59 Å². The van der Waals surface area contributed by atoms with Crippen LogP contribution in [-0.2, 0) is 20.7 Å². The van der Waals surface area contributed by atoms with Gasteiger partial charge in [0.15, 0.2) is 0 Å². The number of rotatable bonds is 6. The lowest BCUT2D eigenvalue weighted by Gasteiger charge is -2.24. The predicted octanol–water partition coefficient (Wildman–Crippen LogP) is 5.64. The molecule has 0 fully saturated rings. The van der Waals surface area contributed by atoms with Crippen LogP contribution < -0.4 is 5.32 Å². The van der Waals surface area contributed by atoms with Crippen molar-refractivity contribution in [1.82, 2.24) is 10.3 Å². The Morgan fingerprint density at radius 1 is 1.03 bits per heavy atom. The molecule has 0 bridgehead atoms. The summed E-state index contributed by atoms with van der Waals surface area (Å²) in [7, 11) is 0. The number of esters is 1. The Balaban J connectivity index is 1.47. The fourth-order valence-electron chi connectivity index (χ4n) is 4.15. The summed E-state index contributed by atoms with van der Waals surface area (Å²) in [6.45, 7) is 5.53. The second-order valence-electron chi connectivity index (χ2n) is 9.27. The first-order valence-corrected chi connectivity index (χ1v) is 11.9. The lowest BCUT2D eigenvalue weighted by Crippen LogP contribution is -2.46. The van der Waals surface area contributed by atoms with Crippen molar-refractivity contribution in [3.05, 3.63) is 88.2 Å². The van der Waals surface area contributed by atoms with Crippen LogP contribution in [0.1, 0.15) is 43.4 Å². The first-order valence-electron chi connectivity index (χ1n) is 11.1. The number of carbonyl (C=O) groups excluding carboxylic acids is 2. The molecule has 0 saturated carbocycles. The number of alkyl carbamates (subject to hydrolysis) is 1. The number of ether oxygens (including phenoxy) is 2. The smallest absolute Gasteiger partial charge is 0.407 e. The van der Waals surface area contributed by atoms with Gasteiger partial charge in [-0.2, -0.15) is 0 Å². The van der Waals surface area contributed by atoms with Gasteiger partial charge in [-0.25, -0.2) is 9.59 Å². The summed E-state index contributed by atoms with van der Waals surface area (Å²) >= 11 is 3.39. The summed E-state index contributed by atoms with van der Waals surface area (Å²) in [6.07, 6.45) is 2.87. The van der Waals surface area contributed by atoms with Gasteiger partial charge >= 0.3 is 12.1 Å². The van der Waals surface area contributed by atoms with Crippen LogP contribution in [0.15, 0.2) is 71.5 Å². The zero-order valence-corrected chi connectivity index (χ0v) is 21.0. The number of pyridine rings is 1. The van der Waals surface area contributed by atoms with Crippen molar-refractivity contribution in [2.75, 3.05) is 6.61 Å². The lowest BCUT2D eigenvalue weighted by molar-refractivity contribution is -0.157. The third-order valence-corrected chi connectivity index (χ3v) is 5.96. The van der Waals surface area contributed by atoms with Crippen molar-refractivity contribution < 1.29 is 19.1 Å². The minimum absolute atomic E-state index is 0.0626. The molecule has 1 aromatic heterocycles. The molecule has 0 aliphatic heterocycles. The van der Waals surface area contributed by atoms with Gasteiger partial charge < -0.3 is 14.8 Å². The van der Waals surface area contributed by atoms with E-state index >= 15 is 0 Å². The van der Waals surface area contributed by atoms with E-state index in [4.69, 9.17) is 9.47 Å². The maximum absolute atomic E-state index is 12.8. The molecule has 1 aliphatic rings. The molecule has 4 rings (SSSR count). The highest BCUT2D eigenvalue weighted by molar-refractivity contribution is 9.10. The van der Waals surface area contributed by atoms with Gasteiger partial charge in [0.05, 0.1) is 0 Å². The second kappa shape index (κ2) is 9.97. The average Bonchev–Trinajstić information content (AvgIpc) is 3.10. The second-order valence-corrected chi connectivity index (χ2v) is 10.2. The summed E-state index contributed by atoms with van der Waals surface area (Å²) in [4.78, 5) is 29.8. The molecule has 2 aromatic carbocycles. The molecular formula is C27H27BrN2O4. The third-order valence-electron chi connectivity index (χ3n) is 5.53. The van der Waals surface area contributed by atoms with Crippen molar-refractivity contribution in [1.29, 1.82) is 0 Å². The Morgan fingerprint density at radius 3 is 2.24 bits per heavy atom. The highest BCUT2D eigenvalue weighted by Crippen LogP contribution is 2.44. The van der Waals surface area contributed by atoms with Crippen LogP contribution in [-0.4, -0.2) is 35.3 Å². The van der Waals surface area contributed by atoms with E-state index in [1.807, 2.05) is 30.3 Å². The number of nitrogens with zero attached hydrogens (tertiary/aromatic N) is 1. The molecule has 1 amide bonds. The monoisotopic (exact) mass is 522 g/mol. The Hall–Kier alpha value is -3.19. The largest absolute Gasteiger partial charge is 0.458 e. The van der Waals surface area contributed by atoms with Gasteiger partial charge in [-0.05, 0) is 70.6 Å². The summed E-state index contributed by atoms with van der Waals surface area (Å²) < 4.78 is 11.9. The van der Waals surface area contributed by atoms with Crippen LogP contribution in [0.3, 0.4) is 0 Å². The van der Waals surface area contributed by atoms with Crippen LogP contribution in [0.4, 0.5) is 4.79 Å². The molecule has 0 spiro atoms. The minimum atomic E-state index is -0.911. The number of nitrogens with one attached hydrogen (secondary N) is 1. The summed E-state index contributed by atoms with van der Waals surface area (Å²) in [6, 6.07) is 17.2. The minimum Gasteiger partial charge on any atom is -0.458 e. The van der Waals surface area contributed by atoms with Gasteiger partial charge in [-0.1, -0.05) is 48.5 Å². The maximum atomic E-state index is 12.8. The van der Waals surface area contributed by atoms with Crippen molar-refractivity contribution in [2.24, 2.45) is 0 Å². The third kappa shape index (κ3) is 5.65. The molecule has 7 heteroatoms. The van der Waals surface area contributed by atoms with Gasteiger partial charge in [0.25, 0.3) is 0 Å². The highest BCUT2D eigenvalue weighted by atomic mass is 79.9. The predicted molar refractivity (Wildman–Crippen MR) is 133 cm³/mol. The number of halogens is 1. The SMILES string of the molecule is CC(C)(C)OC(=O)C(Cc1cncc(Br)c1)NC(=O)OCC1c2ccccc2-c2ccccc21. The van der Waals surface area contributed by atoms with Gasteiger partial charge in [0, 0.05) is 29.2 Å².